The minimum Gasteiger partial charge on any atom is -0.207 e. The molecule has 1 aliphatic heterocycles. The molecule has 0 radical (unpaired) electrons. The highest BCUT2D eigenvalue weighted by atomic mass is 35.5. The second-order valence-electron chi connectivity index (χ2n) is 5.17. The third kappa shape index (κ3) is 3.09. The molecule has 1 heterocycles. The number of benzene rings is 2. The van der Waals surface area contributed by atoms with Crippen LogP contribution in [0, 0.1) is 0 Å². The predicted octanol–water partition coefficient (Wildman–Crippen LogP) is 3.82. The number of nitrogens with zero attached hydrogens (tertiary/aromatic N) is 1. The molecular formula is C17H16ClNO2S. The lowest BCUT2D eigenvalue weighted by Crippen LogP contribution is -2.34. The smallest absolute Gasteiger partial charge is 0.207 e. The zero-order valence-electron chi connectivity index (χ0n) is 11.9. The number of rotatable bonds is 3. The molecule has 0 saturated carbocycles. The lowest BCUT2D eigenvalue weighted by atomic mass is 10.0. The van der Waals surface area contributed by atoms with Gasteiger partial charge in [0.2, 0.25) is 10.0 Å². The van der Waals surface area contributed by atoms with Crippen molar-refractivity contribution in [1.82, 2.24) is 4.31 Å². The largest absolute Gasteiger partial charge is 0.243 e. The highest BCUT2D eigenvalue weighted by Gasteiger charge is 2.26. The molecule has 0 saturated heterocycles. The molecule has 0 aliphatic carbocycles. The first-order valence-corrected chi connectivity index (χ1v) is 8.89. The second kappa shape index (κ2) is 6.24. The van der Waals surface area contributed by atoms with Gasteiger partial charge < -0.3 is 0 Å². The van der Waals surface area contributed by atoms with Gasteiger partial charge in [0.05, 0.1) is 4.90 Å². The maximum absolute atomic E-state index is 12.6. The molecule has 22 heavy (non-hydrogen) atoms. The molecule has 3 nitrogen and oxygen atoms in total. The molecule has 0 aromatic heterocycles. The minimum absolute atomic E-state index is 0.247. The first kappa shape index (κ1) is 15.3. The maximum atomic E-state index is 12.6. The van der Waals surface area contributed by atoms with Crippen molar-refractivity contribution in [3.8, 4) is 0 Å². The molecule has 114 valence electrons. The molecular weight excluding hydrogens is 318 g/mol. The molecule has 0 amide bonds. The van der Waals surface area contributed by atoms with Crippen LogP contribution < -0.4 is 0 Å². The van der Waals surface area contributed by atoms with Crippen molar-refractivity contribution in [3.63, 3.8) is 0 Å². The Morgan fingerprint density at radius 3 is 2.41 bits per heavy atom. The van der Waals surface area contributed by atoms with Crippen LogP contribution in [0.2, 0.25) is 5.02 Å². The van der Waals surface area contributed by atoms with Crippen molar-refractivity contribution in [3.05, 3.63) is 71.3 Å². The Hall–Kier alpha value is -1.62. The van der Waals surface area contributed by atoms with Gasteiger partial charge in [0.1, 0.15) is 0 Å². The fraction of sp³-hybridized carbons (Fsp3) is 0.176. The van der Waals surface area contributed by atoms with E-state index in [-0.39, 0.29) is 4.90 Å². The van der Waals surface area contributed by atoms with Crippen molar-refractivity contribution in [2.45, 2.75) is 11.3 Å². The highest BCUT2D eigenvalue weighted by molar-refractivity contribution is 7.89. The average molecular weight is 334 g/mol. The summed E-state index contributed by atoms with van der Waals surface area (Å²) in [6, 6.07) is 16.5. The topological polar surface area (TPSA) is 37.4 Å². The molecule has 0 atom stereocenters. The molecule has 5 heteroatoms. The van der Waals surface area contributed by atoms with Gasteiger partial charge in [-0.2, -0.15) is 4.31 Å². The standard InChI is InChI=1S/C17H16ClNO2S/c18-16-7-4-8-17(13-16)22(20,21)19-11-9-15(10-12-19)14-5-2-1-3-6-14/h1-9,13H,10-12H2. The van der Waals surface area contributed by atoms with E-state index in [9.17, 15) is 8.42 Å². The molecule has 1 aliphatic rings. The van der Waals surface area contributed by atoms with E-state index < -0.39 is 10.0 Å². The Morgan fingerprint density at radius 1 is 1.00 bits per heavy atom. The van der Waals surface area contributed by atoms with E-state index in [2.05, 4.69) is 0 Å². The second-order valence-corrected chi connectivity index (χ2v) is 7.54. The summed E-state index contributed by atoms with van der Waals surface area (Å²) in [4.78, 5) is 0.247. The summed E-state index contributed by atoms with van der Waals surface area (Å²) in [7, 11) is -3.49. The fourth-order valence-electron chi connectivity index (χ4n) is 2.56. The Balaban J connectivity index is 1.82. The zero-order chi connectivity index (χ0) is 15.6. The van der Waals surface area contributed by atoms with Crippen LogP contribution in [-0.2, 0) is 10.0 Å². The lowest BCUT2D eigenvalue weighted by molar-refractivity contribution is 0.441. The number of halogens is 1. The normalized spacial score (nSPS) is 16.3. The van der Waals surface area contributed by atoms with Crippen LogP contribution in [-0.4, -0.2) is 25.8 Å². The highest BCUT2D eigenvalue weighted by Crippen LogP contribution is 2.26. The average Bonchev–Trinajstić information content (AvgIpc) is 2.56. The van der Waals surface area contributed by atoms with Gasteiger partial charge in [-0.15, -0.1) is 0 Å². The van der Waals surface area contributed by atoms with Crippen LogP contribution in [0.15, 0.2) is 65.6 Å². The first-order valence-electron chi connectivity index (χ1n) is 7.07. The van der Waals surface area contributed by atoms with Crippen molar-refractivity contribution in [1.29, 1.82) is 0 Å². The monoisotopic (exact) mass is 333 g/mol. The van der Waals surface area contributed by atoms with Crippen molar-refractivity contribution >= 4 is 27.2 Å². The summed E-state index contributed by atoms with van der Waals surface area (Å²) < 4.78 is 26.7. The van der Waals surface area contributed by atoms with E-state index in [1.165, 1.54) is 15.9 Å². The summed E-state index contributed by atoms with van der Waals surface area (Å²) >= 11 is 5.90. The molecule has 0 unspecified atom stereocenters. The third-order valence-electron chi connectivity index (χ3n) is 3.75. The fourth-order valence-corrected chi connectivity index (χ4v) is 4.24. The van der Waals surface area contributed by atoms with Crippen LogP contribution in [0.1, 0.15) is 12.0 Å². The molecule has 2 aromatic rings. The zero-order valence-corrected chi connectivity index (χ0v) is 13.5. The molecule has 0 N–H and O–H groups in total. The molecule has 0 spiro atoms. The Bertz CT molecular complexity index is 800. The van der Waals surface area contributed by atoms with Gasteiger partial charge in [0.25, 0.3) is 0 Å². The van der Waals surface area contributed by atoms with Crippen molar-refractivity contribution in [2.24, 2.45) is 0 Å². The summed E-state index contributed by atoms with van der Waals surface area (Å²) in [6.07, 6.45) is 2.70. The van der Waals surface area contributed by atoms with E-state index in [1.54, 1.807) is 18.2 Å². The van der Waals surface area contributed by atoms with Gasteiger partial charge >= 0.3 is 0 Å². The molecule has 0 bridgehead atoms. The Labute approximate surface area is 135 Å². The quantitative estimate of drug-likeness (QED) is 0.856. The van der Waals surface area contributed by atoms with Crippen molar-refractivity contribution < 1.29 is 8.42 Å². The Kier molecular flexibility index (Phi) is 4.34. The van der Waals surface area contributed by atoms with E-state index in [4.69, 9.17) is 11.6 Å². The SMILES string of the molecule is O=S(=O)(c1cccc(Cl)c1)N1CC=C(c2ccccc2)CC1. The number of hydrogen-bond donors (Lipinski definition) is 0. The minimum atomic E-state index is -3.49. The van der Waals surface area contributed by atoms with E-state index in [0.29, 0.717) is 24.5 Å². The summed E-state index contributed by atoms with van der Waals surface area (Å²) in [5.74, 6) is 0. The van der Waals surface area contributed by atoms with Crippen LogP contribution in [0.25, 0.3) is 5.57 Å². The van der Waals surface area contributed by atoms with Gasteiger partial charge in [-0.25, -0.2) is 8.42 Å². The van der Waals surface area contributed by atoms with E-state index in [1.807, 2.05) is 36.4 Å². The first-order chi connectivity index (χ1) is 10.6. The summed E-state index contributed by atoms with van der Waals surface area (Å²) in [6.45, 7) is 0.870. The molecule has 0 fully saturated rings. The van der Waals surface area contributed by atoms with Crippen LogP contribution in [0.5, 0.6) is 0 Å². The lowest BCUT2D eigenvalue weighted by Gasteiger charge is -2.26. The van der Waals surface area contributed by atoms with Crippen molar-refractivity contribution in [2.75, 3.05) is 13.1 Å². The van der Waals surface area contributed by atoms with Gasteiger partial charge in [-0.3, -0.25) is 0 Å². The maximum Gasteiger partial charge on any atom is 0.243 e. The van der Waals surface area contributed by atoms with Crippen LogP contribution >= 0.6 is 11.6 Å². The summed E-state index contributed by atoms with van der Waals surface area (Å²) in [5, 5.41) is 0.429. The predicted molar refractivity (Wildman–Crippen MR) is 89.2 cm³/mol. The molecule has 3 rings (SSSR count). The van der Waals surface area contributed by atoms with Gasteiger partial charge in [0.15, 0.2) is 0 Å². The number of sulfonamides is 1. The van der Waals surface area contributed by atoms with Crippen LogP contribution in [0.3, 0.4) is 0 Å². The van der Waals surface area contributed by atoms with Gasteiger partial charge in [0, 0.05) is 18.1 Å². The van der Waals surface area contributed by atoms with Gasteiger partial charge in [-0.05, 0) is 35.8 Å². The molecule has 2 aromatic carbocycles. The summed E-state index contributed by atoms with van der Waals surface area (Å²) in [5.41, 5.74) is 2.35. The number of hydrogen-bond acceptors (Lipinski definition) is 2. The van der Waals surface area contributed by atoms with Crippen LogP contribution in [0.4, 0.5) is 0 Å². The third-order valence-corrected chi connectivity index (χ3v) is 5.85. The van der Waals surface area contributed by atoms with E-state index in [0.717, 1.165) is 5.56 Å². The van der Waals surface area contributed by atoms with Gasteiger partial charge in [-0.1, -0.05) is 54.1 Å². The Morgan fingerprint density at radius 2 is 1.77 bits per heavy atom. The van der Waals surface area contributed by atoms with E-state index >= 15 is 0 Å².